The van der Waals surface area contributed by atoms with Gasteiger partial charge in [0.15, 0.2) is 12.1 Å². The molecule has 0 aliphatic carbocycles. The summed E-state index contributed by atoms with van der Waals surface area (Å²) < 4.78 is 32.7. The van der Waals surface area contributed by atoms with E-state index in [1.165, 1.54) is 0 Å². The lowest BCUT2D eigenvalue weighted by Crippen LogP contribution is -2.64. The summed E-state index contributed by atoms with van der Waals surface area (Å²) in [6.07, 6.45) is 4.18. The summed E-state index contributed by atoms with van der Waals surface area (Å²) in [6.45, 7) is 4.68. The van der Waals surface area contributed by atoms with Crippen molar-refractivity contribution in [3.8, 4) is 11.5 Å². The van der Waals surface area contributed by atoms with Crippen molar-refractivity contribution in [2.75, 3.05) is 27.3 Å². The fourth-order valence-corrected chi connectivity index (χ4v) is 5.69. The summed E-state index contributed by atoms with van der Waals surface area (Å²) in [7, 11) is 3.17. The third kappa shape index (κ3) is 4.25. The van der Waals surface area contributed by atoms with Crippen molar-refractivity contribution in [2.45, 2.75) is 25.0 Å². The molecule has 5 atom stereocenters. The first-order valence-electron chi connectivity index (χ1n) is 11.9. The Morgan fingerprint density at radius 2 is 1.89 bits per heavy atom. The minimum absolute atomic E-state index is 0.122. The largest absolute Gasteiger partial charge is 0.497 e. The van der Waals surface area contributed by atoms with Crippen LogP contribution in [-0.2, 0) is 4.74 Å². The van der Waals surface area contributed by atoms with Crippen molar-refractivity contribution in [1.82, 2.24) is 4.98 Å². The number of hydrogen-bond donors (Lipinski definition) is 0. The topological polar surface area (TPSA) is 57.7 Å². The van der Waals surface area contributed by atoms with Crippen molar-refractivity contribution in [3.05, 3.63) is 78.5 Å². The minimum atomic E-state index is -0.791. The number of methoxy groups -OCH3 is 2. The molecule has 3 saturated heterocycles. The highest BCUT2D eigenvalue weighted by molar-refractivity contribution is 5.90. The van der Waals surface area contributed by atoms with Gasteiger partial charge in [0.05, 0.1) is 25.3 Å². The molecule has 1 aromatic heterocycles. The van der Waals surface area contributed by atoms with Crippen molar-refractivity contribution < 1.29 is 28.2 Å². The first-order chi connectivity index (χ1) is 17.0. The van der Waals surface area contributed by atoms with Crippen LogP contribution < -0.4 is 9.47 Å². The number of hydrogen-bond acceptors (Lipinski definition) is 5. The van der Waals surface area contributed by atoms with Crippen molar-refractivity contribution in [1.29, 1.82) is 0 Å². The van der Waals surface area contributed by atoms with Crippen LogP contribution in [0.4, 0.5) is 4.48 Å². The van der Waals surface area contributed by atoms with E-state index in [0.29, 0.717) is 42.5 Å². The summed E-state index contributed by atoms with van der Waals surface area (Å²) >= 11 is 0. The zero-order valence-electron chi connectivity index (χ0n) is 20.0. The van der Waals surface area contributed by atoms with Gasteiger partial charge in [-0.1, -0.05) is 6.08 Å². The maximum absolute atomic E-state index is 16.5. The maximum Gasteiger partial charge on any atom is 0.338 e. The standard InChI is InChI=1S/C28H30FN2O4/c1-4-18-17-31(29)14-12-20(18)15-26(31)27(35-28(32)19-5-7-21(33-2)8-6-19)23-11-13-30-25-10-9-22(34-3)16-24(23)25/h4-11,13,16,18,20,26-27H,1,12,14-15,17H2,2-3H3/q+1/t18-,20-,26-,27+,31+/m0/s1. The van der Waals surface area contributed by atoms with Crippen LogP contribution in [0.2, 0.25) is 0 Å². The number of fused-ring (bicyclic) bond motifs is 4. The van der Waals surface area contributed by atoms with Gasteiger partial charge in [0.25, 0.3) is 0 Å². The highest BCUT2D eigenvalue weighted by Crippen LogP contribution is 2.48. The predicted molar refractivity (Wildman–Crippen MR) is 131 cm³/mol. The Kier molecular flexibility index (Phi) is 6.19. The van der Waals surface area contributed by atoms with Crippen molar-refractivity contribution in [2.24, 2.45) is 11.8 Å². The van der Waals surface area contributed by atoms with Gasteiger partial charge < -0.3 is 14.2 Å². The number of aromatic nitrogens is 1. The van der Waals surface area contributed by atoms with E-state index in [-0.39, 0.29) is 5.92 Å². The van der Waals surface area contributed by atoms with Crippen LogP contribution in [0.25, 0.3) is 10.9 Å². The van der Waals surface area contributed by atoms with Gasteiger partial charge in [0.2, 0.25) is 0 Å². The van der Waals surface area contributed by atoms with E-state index >= 15 is 4.48 Å². The molecule has 2 bridgehead atoms. The number of carbonyl (C=O) groups excluding carboxylic acids is 1. The fraction of sp³-hybridized carbons (Fsp3) is 0.357. The maximum atomic E-state index is 16.5. The Morgan fingerprint density at radius 1 is 1.14 bits per heavy atom. The average Bonchev–Trinajstić information content (AvgIpc) is 2.90. The van der Waals surface area contributed by atoms with Gasteiger partial charge in [0.1, 0.15) is 24.6 Å². The molecule has 182 valence electrons. The fourth-order valence-electron chi connectivity index (χ4n) is 5.69. The smallest absolute Gasteiger partial charge is 0.338 e. The quantitative estimate of drug-likeness (QED) is 0.257. The van der Waals surface area contributed by atoms with E-state index in [2.05, 4.69) is 11.6 Å². The summed E-state index contributed by atoms with van der Waals surface area (Å²) in [6, 6.07) is 13.6. The van der Waals surface area contributed by atoms with Crippen LogP contribution in [0.15, 0.2) is 67.4 Å². The molecule has 7 heteroatoms. The molecule has 0 unspecified atom stereocenters. The van der Waals surface area contributed by atoms with Crippen LogP contribution in [0.5, 0.6) is 11.5 Å². The first-order valence-corrected chi connectivity index (χ1v) is 11.9. The van der Waals surface area contributed by atoms with E-state index < -0.39 is 22.8 Å². The van der Waals surface area contributed by atoms with Crippen LogP contribution in [-0.4, -0.2) is 49.0 Å². The SMILES string of the molecule is C=C[C@H]1C[N@+]2(F)CC[C@H]1C[C@H]2[C@H](OC(=O)c1ccc(OC)cc1)c1ccnc2ccc(OC)cc12. The molecule has 0 amide bonds. The second kappa shape index (κ2) is 9.30. The summed E-state index contributed by atoms with van der Waals surface area (Å²) in [5.41, 5.74) is 1.86. The van der Waals surface area contributed by atoms with E-state index in [0.717, 1.165) is 22.9 Å². The molecule has 0 spiro atoms. The summed E-state index contributed by atoms with van der Waals surface area (Å²) in [4.78, 5) is 17.8. The molecule has 2 aromatic carbocycles. The molecule has 6 rings (SSSR count). The van der Waals surface area contributed by atoms with E-state index in [1.807, 2.05) is 30.3 Å². The zero-order valence-corrected chi connectivity index (χ0v) is 20.0. The highest BCUT2D eigenvalue weighted by atomic mass is 19.2. The highest BCUT2D eigenvalue weighted by Gasteiger charge is 2.57. The number of ether oxygens (including phenoxy) is 3. The molecular weight excluding hydrogens is 447 g/mol. The van der Waals surface area contributed by atoms with E-state index in [1.54, 1.807) is 44.7 Å². The van der Waals surface area contributed by atoms with Gasteiger partial charge in [-0.2, -0.15) is 0 Å². The molecule has 3 aliphatic heterocycles. The number of piperidine rings is 3. The number of pyridine rings is 1. The zero-order chi connectivity index (χ0) is 24.6. The predicted octanol–water partition coefficient (Wildman–Crippen LogP) is 5.45. The van der Waals surface area contributed by atoms with Crippen molar-refractivity contribution in [3.63, 3.8) is 0 Å². The van der Waals surface area contributed by atoms with Gasteiger partial charge in [0, 0.05) is 35.9 Å². The average molecular weight is 478 g/mol. The molecule has 0 saturated carbocycles. The van der Waals surface area contributed by atoms with Crippen LogP contribution in [0.3, 0.4) is 0 Å². The molecule has 35 heavy (non-hydrogen) atoms. The molecule has 3 aromatic rings. The Labute approximate surface area is 204 Å². The van der Waals surface area contributed by atoms with Crippen molar-refractivity contribution >= 4 is 16.9 Å². The van der Waals surface area contributed by atoms with Gasteiger partial charge >= 0.3 is 5.97 Å². The molecule has 0 radical (unpaired) electrons. The summed E-state index contributed by atoms with van der Waals surface area (Å²) in [5, 5.41) is 0.786. The molecule has 4 heterocycles. The number of quaternary nitrogens is 1. The number of nitrogens with zero attached hydrogens (tertiary/aromatic N) is 2. The number of rotatable bonds is 7. The Hall–Kier alpha value is -3.45. The number of benzene rings is 2. The monoisotopic (exact) mass is 477 g/mol. The lowest BCUT2D eigenvalue weighted by atomic mass is 9.73. The van der Waals surface area contributed by atoms with Gasteiger partial charge in [-0.25, -0.2) is 4.79 Å². The summed E-state index contributed by atoms with van der Waals surface area (Å²) in [5.74, 6) is 1.24. The van der Waals surface area contributed by atoms with Gasteiger partial charge in [-0.3, -0.25) is 4.98 Å². The van der Waals surface area contributed by atoms with E-state index in [4.69, 9.17) is 14.2 Å². The molecule has 3 fully saturated rings. The number of carbonyl (C=O) groups is 1. The first kappa shape index (κ1) is 23.3. The Balaban J connectivity index is 1.58. The molecule has 3 aliphatic rings. The third-order valence-electron chi connectivity index (χ3n) is 7.63. The van der Waals surface area contributed by atoms with Crippen LogP contribution >= 0.6 is 0 Å². The molecule has 6 nitrogen and oxygen atoms in total. The number of esters is 1. The lowest BCUT2D eigenvalue weighted by Gasteiger charge is -2.50. The second-order valence-electron chi connectivity index (χ2n) is 9.42. The lowest BCUT2D eigenvalue weighted by molar-refractivity contribution is -1.09. The Morgan fingerprint density at radius 3 is 2.57 bits per heavy atom. The van der Waals surface area contributed by atoms with Crippen LogP contribution in [0.1, 0.15) is 34.9 Å². The normalized spacial score (nSPS) is 26.2. The number of halogens is 1. The Bertz CT molecular complexity index is 1250. The second-order valence-corrected chi connectivity index (χ2v) is 9.42. The minimum Gasteiger partial charge on any atom is -0.497 e. The van der Waals surface area contributed by atoms with Gasteiger partial charge in [-0.15, -0.1) is 11.3 Å². The third-order valence-corrected chi connectivity index (χ3v) is 7.63. The van der Waals surface area contributed by atoms with Crippen LogP contribution in [0, 0.1) is 11.8 Å². The van der Waals surface area contributed by atoms with E-state index in [9.17, 15) is 4.79 Å². The molecular formula is C28H30FN2O4+. The molecule has 0 N–H and O–H groups in total. The van der Waals surface area contributed by atoms with Gasteiger partial charge in [-0.05, 0) is 58.9 Å².